The zero-order valence-corrected chi connectivity index (χ0v) is 14.5. The molecule has 0 saturated carbocycles. The molecule has 136 valence electrons. The Balaban J connectivity index is 2.01. The standard InChI is InChI=1S/C22H18F2N2O/c23-18-11-12-20(19(24)13-18)26-21(27)14-25-15-22(26,16-7-3-1-4-8-16)17-9-5-2-6-10-17/h1-13,25H,14-15H2. The number of carbonyl (C=O) groups is 1. The number of hydrogen-bond acceptors (Lipinski definition) is 2. The smallest absolute Gasteiger partial charge is 0.242 e. The van der Waals surface area contributed by atoms with E-state index in [0.29, 0.717) is 6.54 Å². The summed E-state index contributed by atoms with van der Waals surface area (Å²) in [6.07, 6.45) is 0. The van der Waals surface area contributed by atoms with E-state index in [2.05, 4.69) is 5.32 Å². The van der Waals surface area contributed by atoms with Crippen molar-refractivity contribution in [2.45, 2.75) is 5.54 Å². The van der Waals surface area contributed by atoms with E-state index in [0.717, 1.165) is 17.2 Å². The summed E-state index contributed by atoms with van der Waals surface area (Å²) in [7, 11) is 0. The van der Waals surface area contributed by atoms with Gasteiger partial charge in [0, 0.05) is 12.6 Å². The van der Waals surface area contributed by atoms with Crippen molar-refractivity contribution in [1.29, 1.82) is 0 Å². The van der Waals surface area contributed by atoms with Gasteiger partial charge in [0.2, 0.25) is 5.91 Å². The van der Waals surface area contributed by atoms with Crippen molar-refractivity contribution in [1.82, 2.24) is 5.32 Å². The van der Waals surface area contributed by atoms with Crippen LogP contribution in [0.3, 0.4) is 0 Å². The predicted molar refractivity (Wildman–Crippen MR) is 100 cm³/mol. The van der Waals surface area contributed by atoms with Crippen LogP contribution in [0.1, 0.15) is 11.1 Å². The number of halogens is 2. The van der Waals surface area contributed by atoms with E-state index in [9.17, 15) is 13.6 Å². The molecule has 1 saturated heterocycles. The van der Waals surface area contributed by atoms with Crippen LogP contribution in [0.4, 0.5) is 14.5 Å². The van der Waals surface area contributed by atoms with Crippen molar-refractivity contribution in [3.8, 4) is 0 Å². The average Bonchev–Trinajstić information content (AvgIpc) is 2.70. The summed E-state index contributed by atoms with van der Waals surface area (Å²) in [6, 6.07) is 22.3. The largest absolute Gasteiger partial charge is 0.305 e. The zero-order valence-electron chi connectivity index (χ0n) is 14.5. The molecule has 1 aliphatic rings. The molecule has 4 rings (SSSR count). The summed E-state index contributed by atoms with van der Waals surface area (Å²) in [5.41, 5.74) is 0.813. The van der Waals surface area contributed by atoms with Crippen LogP contribution < -0.4 is 10.2 Å². The van der Waals surface area contributed by atoms with Gasteiger partial charge in [0.15, 0.2) is 0 Å². The molecule has 27 heavy (non-hydrogen) atoms. The SMILES string of the molecule is O=C1CNCC(c2ccccc2)(c2ccccc2)N1c1ccc(F)cc1F. The summed E-state index contributed by atoms with van der Waals surface area (Å²) in [6.45, 7) is 0.488. The Morgan fingerprint density at radius 2 is 1.44 bits per heavy atom. The molecule has 0 bridgehead atoms. The zero-order chi connectivity index (χ0) is 18.9. The normalized spacial score (nSPS) is 16.4. The number of nitrogens with zero attached hydrogens (tertiary/aromatic N) is 1. The molecule has 1 heterocycles. The third-order valence-electron chi connectivity index (χ3n) is 4.94. The first-order chi connectivity index (χ1) is 13.1. The topological polar surface area (TPSA) is 32.3 Å². The highest BCUT2D eigenvalue weighted by Gasteiger charge is 2.47. The van der Waals surface area contributed by atoms with Gasteiger partial charge in [0.1, 0.15) is 17.2 Å². The summed E-state index contributed by atoms with van der Waals surface area (Å²) in [4.78, 5) is 14.5. The second-order valence-electron chi connectivity index (χ2n) is 6.52. The van der Waals surface area contributed by atoms with Gasteiger partial charge in [-0.3, -0.25) is 9.69 Å². The molecule has 1 amide bonds. The second-order valence-corrected chi connectivity index (χ2v) is 6.52. The number of amides is 1. The van der Waals surface area contributed by atoms with E-state index in [1.165, 1.54) is 17.0 Å². The van der Waals surface area contributed by atoms with Crippen molar-refractivity contribution in [3.05, 3.63) is 102 Å². The Labute approximate surface area is 156 Å². The van der Waals surface area contributed by atoms with Gasteiger partial charge in [-0.2, -0.15) is 0 Å². The van der Waals surface area contributed by atoms with Crippen LogP contribution in [-0.4, -0.2) is 19.0 Å². The number of hydrogen-bond donors (Lipinski definition) is 1. The maximum absolute atomic E-state index is 14.7. The summed E-state index contributed by atoms with van der Waals surface area (Å²) in [5, 5.41) is 3.17. The van der Waals surface area contributed by atoms with Gasteiger partial charge >= 0.3 is 0 Å². The molecule has 5 heteroatoms. The molecule has 0 atom stereocenters. The molecule has 3 nitrogen and oxygen atoms in total. The Bertz CT molecular complexity index is 921. The molecule has 1 N–H and O–H groups in total. The lowest BCUT2D eigenvalue weighted by atomic mass is 9.79. The van der Waals surface area contributed by atoms with Gasteiger partial charge in [0.25, 0.3) is 0 Å². The number of rotatable bonds is 3. The van der Waals surface area contributed by atoms with Gasteiger partial charge in [-0.05, 0) is 23.3 Å². The van der Waals surface area contributed by atoms with Crippen LogP contribution in [0.15, 0.2) is 78.9 Å². The first-order valence-electron chi connectivity index (χ1n) is 8.73. The third kappa shape index (κ3) is 2.90. The van der Waals surface area contributed by atoms with Gasteiger partial charge in [-0.25, -0.2) is 8.78 Å². The molecular formula is C22H18F2N2O. The van der Waals surface area contributed by atoms with Crippen molar-refractivity contribution >= 4 is 11.6 Å². The first-order valence-corrected chi connectivity index (χ1v) is 8.73. The molecule has 3 aromatic carbocycles. The van der Waals surface area contributed by atoms with Crippen molar-refractivity contribution in [2.75, 3.05) is 18.0 Å². The highest BCUT2D eigenvalue weighted by Crippen LogP contribution is 2.41. The van der Waals surface area contributed by atoms with E-state index in [1.807, 2.05) is 60.7 Å². The first kappa shape index (κ1) is 17.4. The molecule has 0 spiro atoms. The predicted octanol–water partition coefficient (Wildman–Crippen LogP) is 3.84. The molecule has 1 aliphatic heterocycles. The lowest BCUT2D eigenvalue weighted by Gasteiger charge is -2.48. The van der Waals surface area contributed by atoms with E-state index < -0.39 is 17.2 Å². The van der Waals surface area contributed by atoms with Gasteiger partial charge in [-0.1, -0.05) is 60.7 Å². The van der Waals surface area contributed by atoms with E-state index >= 15 is 0 Å². The fraction of sp³-hybridized carbons (Fsp3) is 0.136. The van der Waals surface area contributed by atoms with Crippen LogP contribution >= 0.6 is 0 Å². The number of carbonyl (C=O) groups excluding carboxylic acids is 1. The number of anilines is 1. The van der Waals surface area contributed by atoms with Crippen LogP contribution in [0.2, 0.25) is 0 Å². The number of benzene rings is 3. The molecule has 3 aromatic rings. The van der Waals surface area contributed by atoms with E-state index in [1.54, 1.807) is 0 Å². The Morgan fingerprint density at radius 1 is 0.852 bits per heavy atom. The van der Waals surface area contributed by atoms with Gasteiger partial charge in [-0.15, -0.1) is 0 Å². The van der Waals surface area contributed by atoms with E-state index in [4.69, 9.17) is 0 Å². The maximum atomic E-state index is 14.7. The summed E-state index contributed by atoms with van der Waals surface area (Å²) < 4.78 is 28.2. The number of nitrogens with one attached hydrogen (secondary N) is 1. The summed E-state index contributed by atoms with van der Waals surface area (Å²) in [5.74, 6) is -1.72. The van der Waals surface area contributed by atoms with E-state index in [-0.39, 0.29) is 18.1 Å². The lowest BCUT2D eigenvalue weighted by Crippen LogP contribution is -2.63. The van der Waals surface area contributed by atoms with Crippen molar-refractivity contribution < 1.29 is 13.6 Å². The highest BCUT2D eigenvalue weighted by atomic mass is 19.1. The molecule has 0 radical (unpaired) electrons. The maximum Gasteiger partial charge on any atom is 0.242 e. The molecule has 1 fully saturated rings. The Morgan fingerprint density at radius 3 is 2.00 bits per heavy atom. The Hall–Kier alpha value is -3.05. The van der Waals surface area contributed by atoms with Crippen LogP contribution in [-0.2, 0) is 10.3 Å². The van der Waals surface area contributed by atoms with Crippen LogP contribution in [0, 0.1) is 11.6 Å². The molecule has 0 unspecified atom stereocenters. The minimum Gasteiger partial charge on any atom is -0.305 e. The molecule has 0 aromatic heterocycles. The van der Waals surface area contributed by atoms with Crippen LogP contribution in [0.5, 0.6) is 0 Å². The quantitative estimate of drug-likeness (QED) is 0.766. The van der Waals surface area contributed by atoms with Crippen molar-refractivity contribution in [2.24, 2.45) is 0 Å². The summed E-state index contributed by atoms with van der Waals surface area (Å²) >= 11 is 0. The lowest BCUT2D eigenvalue weighted by molar-refractivity contribution is -0.120. The Kier molecular flexibility index (Phi) is 4.46. The minimum atomic E-state index is -0.948. The minimum absolute atomic E-state index is 0.0654. The van der Waals surface area contributed by atoms with Gasteiger partial charge in [0.05, 0.1) is 12.2 Å². The highest BCUT2D eigenvalue weighted by molar-refractivity contribution is 5.98. The fourth-order valence-electron chi connectivity index (χ4n) is 3.78. The fourth-order valence-corrected chi connectivity index (χ4v) is 3.78. The molecule has 0 aliphatic carbocycles. The van der Waals surface area contributed by atoms with Crippen molar-refractivity contribution in [3.63, 3.8) is 0 Å². The average molecular weight is 364 g/mol. The van der Waals surface area contributed by atoms with Crippen LogP contribution in [0.25, 0.3) is 0 Å². The number of piperazine rings is 1. The third-order valence-corrected chi connectivity index (χ3v) is 4.94. The monoisotopic (exact) mass is 364 g/mol. The molecular weight excluding hydrogens is 346 g/mol. The second kappa shape index (κ2) is 6.93. The van der Waals surface area contributed by atoms with Gasteiger partial charge < -0.3 is 5.32 Å².